The topological polar surface area (TPSA) is 0 Å². The Bertz CT molecular complexity index is 272. The van der Waals surface area contributed by atoms with Crippen molar-refractivity contribution in [3.63, 3.8) is 0 Å². The summed E-state index contributed by atoms with van der Waals surface area (Å²) in [5.41, 5.74) is 2.25. The molecule has 0 spiro atoms. The van der Waals surface area contributed by atoms with Crippen molar-refractivity contribution in [1.29, 1.82) is 0 Å². The quantitative estimate of drug-likeness (QED) is 0.300. The van der Waals surface area contributed by atoms with Gasteiger partial charge in [-0.1, -0.05) is 19.7 Å². The summed E-state index contributed by atoms with van der Waals surface area (Å²) in [6.45, 7) is 14.8. The Morgan fingerprint density at radius 2 is 1.05 bits per heavy atom. The van der Waals surface area contributed by atoms with Crippen LogP contribution >= 0.6 is 0 Å². The standard InChI is InChI=1S/C3HF5.C3H3F3.C3H4.C2H4/c4-2(5)1-3(6,7)8;1-2-3(4,5)6;1-3-2;1-2/h1H;2H,1H2;1-2H2;1-2H2. The van der Waals surface area contributed by atoms with E-state index in [0.717, 1.165) is 0 Å². The van der Waals surface area contributed by atoms with E-state index in [9.17, 15) is 35.1 Å². The van der Waals surface area contributed by atoms with E-state index in [2.05, 4.69) is 38.6 Å². The zero-order chi connectivity index (χ0) is 16.7. The number of hydrogen-bond donors (Lipinski definition) is 0. The van der Waals surface area contributed by atoms with Crippen molar-refractivity contribution in [1.82, 2.24) is 0 Å². The van der Waals surface area contributed by atoms with Gasteiger partial charge in [0.05, 0.1) is 6.08 Å². The van der Waals surface area contributed by atoms with Gasteiger partial charge in [-0.3, -0.25) is 0 Å². The van der Waals surface area contributed by atoms with Crippen molar-refractivity contribution in [3.8, 4) is 0 Å². The van der Waals surface area contributed by atoms with Crippen LogP contribution in [0.5, 0.6) is 0 Å². The molecule has 0 fully saturated rings. The maximum absolute atomic E-state index is 10.8. The molecule has 0 aromatic heterocycles. The van der Waals surface area contributed by atoms with Gasteiger partial charge in [0.2, 0.25) is 0 Å². The van der Waals surface area contributed by atoms with Crippen LogP contribution in [0.3, 0.4) is 0 Å². The van der Waals surface area contributed by atoms with Gasteiger partial charge in [0.25, 0.3) is 6.08 Å². The van der Waals surface area contributed by atoms with Gasteiger partial charge in [-0.05, 0) is 0 Å². The lowest BCUT2D eigenvalue weighted by molar-refractivity contribution is -0.0829. The lowest BCUT2D eigenvalue weighted by Crippen LogP contribution is -2.00. The first-order chi connectivity index (χ1) is 8.39. The summed E-state index contributed by atoms with van der Waals surface area (Å²) in [5.74, 6) is 0. The number of allylic oxidation sites excluding steroid dienone is 2. The maximum atomic E-state index is 10.8. The van der Waals surface area contributed by atoms with E-state index < -0.39 is 24.5 Å². The predicted molar refractivity (Wildman–Crippen MR) is 58.6 cm³/mol. The van der Waals surface area contributed by atoms with Gasteiger partial charge in [-0.2, -0.15) is 35.1 Å². The molecule has 0 aliphatic carbocycles. The fraction of sp³-hybridized carbons (Fsp3) is 0.182. The second-order valence-electron chi connectivity index (χ2n) is 1.97. The molecule has 19 heavy (non-hydrogen) atoms. The molecule has 0 aliphatic rings. The zero-order valence-electron chi connectivity index (χ0n) is 9.71. The third-order valence-electron chi connectivity index (χ3n) is 0.504. The summed E-state index contributed by atoms with van der Waals surface area (Å²) < 4.78 is 85.6. The largest absolute Gasteiger partial charge is 0.414 e. The van der Waals surface area contributed by atoms with Crippen molar-refractivity contribution in [2.45, 2.75) is 12.4 Å². The molecule has 0 atom stereocenters. The normalized spacial score (nSPS) is 8.84. The predicted octanol–water partition coefficient (Wildman–Crippen LogP) is 5.82. The first kappa shape index (κ1) is 25.9. The Kier molecular flexibility index (Phi) is 19.4. The summed E-state index contributed by atoms with van der Waals surface area (Å²) in [6.07, 6.45) is -12.9. The van der Waals surface area contributed by atoms with E-state index in [4.69, 9.17) is 0 Å². The van der Waals surface area contributed by atoms with Crippen molar-refractivity contribution in [2.24, 2.45) is 0 Å². The molecule has 0 nitrogen and oxygen atoms in total. The van der Waals surface area contributed by atoms with Crippen LogP contribution in [0.2, 0.25) is 0 Å². The second-order valence-corrected chi connectivity index (χ2v) is 1.97. The summed E-state index contributed by atoms with van der Waals surface area (Å²) in [7, 11) is 0. The Hall–Kier alpha value is -1.82. The molecule has 0 heterocycles. The highest BCUT2D eigenvalue weighted by Crippen LogP contribution is 2.19. The first-order valence-electron chi connectivity index (χ1n) is 3.99. The van der Waals surface area contributed by atoms with Crippen molar-refractivity contribution in [3.05, 3.63) is 56.9 Å². The molecule has 0 aromatic rings. The fourth-order valence-corrected chi connectivity index (χ4v) is 0.124. The molecule has 0 bridgehead atoms. The van der Waals surface area contributed by atoms with Crippen molar-refractivity contribution < 1.29 is 35.1 Å². The lowest BCUT2D eigenvalue weighted by Gasteiger charge is -1.93. The molecule has 0 saturated heterocycles. The second kappa shape index (κ2) is 14.2. The summed E-state index contributed by atoms with van der Waals surface area (Å²) >= 11 is 0. The first-order valence-corrected chi connectivity index (χ1v) is 3.99. The zero-order valence-corrected chi connectivity index (χ0v) is 9.71. The smallest absolute Gasteiger partial charge is 0.173 e. The molecule has 0 N–H and O–H groups in total. The van der Waals surface area contributed by atoms with E-state index >= 15 is 0 Å². The molecule has 0 aromatic carbocycles. The van der Waals surface area contributed by atoms with E-state index in [0.29, 0.717) is 0 Å². The fourth-order valence-electron chi connectivity index (χ4n) is 0.124. The average molecular weight is 296 g/mol. The Labute approximate surface area is 105 Å². The van der Waals surface area contributed by atoms with Crippen LogP contribution in [0.1, 0.15) is 0 Å². The molecular weight excluding hydrogens is 284 g/mol. The van der Waals surface area contributed by atoms with E-state index in [1.807, 2.05) is 0 Å². The van der Waals surface area contributed by atoms with Gasteiger partial charge in [-0.15, -0.1) is 18.9 Å². The minimum absolute atomic E-state index is 0.0625. The monoisotopic (exact) mass is 296 g/mol. The number of halogens is 8. The highest BCUT2D eigenvalue weighted by atomic mass is 19.4. The molecule has 0 radical (unpaired) electrons. The molecule has 0 aliphatic heterocycles. The Morgan fingerprint density at radius 1 is 0.842 bits per heavy atom. The molecule has 0 rings (SSSR count). The minimum Gasteiger partial charge on any atom is -0.173 e. The van der Waals surface area contributed by atoms with Crippen LogP contribution in [0.4, 0.5) is 35.1 Å². The Morgan fingerprint density at radius 3 is 1.05 bits per heavy atom. The molecular formula is C11H12F8. The van der Waals surface area contributed by atoms with Gasteiger partial charge < -0.3 is 0 Å². The van der Waals surface area contributed by atoms with Crippen LogP contribution in [-0.4, -0.2) is 12.4 Å². The van der Waals surface area contributed by atoms with E-state index in [1.54, 1.807) is 0 Å². The summed E-state index contributed by atoms with van der Waals surface area (Å²) in [5, 5.41) is 0. The van der Waals surface area contributed by atoms with Crippen LogP contribution in [0.15, 0.2) is 56.9 Å². The molecule has 0 amide bonds. The minimum atomic E-state index is -4.89. The molecule has 8 heteroatoms. The molecule has 0 saturated carbocycles. The highest BCUT2D eigenvalue weighted by Gasteiger charge is 2.25. The third-order valence-corrected chi connectivity index (χ3v) is 0.504. The van der Waals surface area contributed by atoms with E-state index in [1.165, 1.54) is 0 Å². The van der Waals surface area contributed by atoms with Crippen LogP contribution in [-0.2, 0) is 0 Å². The van der Waals surface area contributed by atoms with E-state index in [-0.39, 0.29) is 6.08 Å². The highest BCUT2D eigenvalue weighted by molar-refractivity contribution is 4.87. The van der Waals surface area contributed by atoms with Crippen molar-refractivity contribution in [2.75, 3.05) is 0 Å². The van der Waals surface area contributed by atoms with Gasteiger partial charge in [-0.25, -0.2) is 0 Å². The Balaban J connectivity index is -0.0000000904. The van der Waals surface area contributed by atoms with Gasteiger partial charge in [0.1, 0.15) is 0 Å². The van der Waals surface area contributed by atoms with Crippen LogP contribution < -0.4 is 0 Å². The van der Waals surface area contributed by atoms with Gasteiger partial charge in [0, 0.05) is 6.08 Å². The van der Waals surface area contributed by atoms with Crippen LogP contribution in [0, 0.1) is 0 Å². The maximum Gasteiger partial charge on any atom is 0.414 e. The average Bonchev–Trinajstić information content (AvgIpc) is 2.18. The molecule has 0 unspecified atom stereocenters. The number of hydrogen-bond acceptors (Lipinski definition) is 0. The molecule has 112 valence electrons. The van der Waals surface area contributed by atoms with Gasteiger partial charge >= 0.3 is 12.4 Å². The number of rotatable bonds is 0. The SMILES string of the molecule is C=C.C=C=C.C=CC(F)(F)F.FC(F)=CC(F)(F)F. The summed E-state index contributed by atoms with van der Waals surface area (Å²) in [6, 6.07) is 0. The lowest BCUT2D eigenvalue weighted by atomic mass is 10.6. The van der Waals surface area contributed by atoms with Gasteiger partial charge in [0.15, 0.2) is 0 Å². The summed E-state index contributed by atoms with van der Waals surface area (Å²) in [4.78, 5) is 0. The van der Waals surface area contributed by atoms with Crippen molar-refractivity contribution >= 4 is 0 Å². The third kappa shape index (κ3) is 85.2. The van der Waals surface area contributed by atoms with Crippen LogP contribution in [0.25, 0.3) is 0 Å². The number of alkyl halides is 6.